The predicted octanol–water partition coefficient (Wildman–Crippen LogP) is 4.03. The van der Waals surface area contributed by atoms with Crippen LogP contribution < -0.4 is 16.4 Å². The normalized spacial score (nSPS) is 10.8. The number of carbonyl (C=O) groups is 2. The van der Waals surface area contributed by atoms with E-state index in [0.29, 0.717) is 17.2 Å². The number of aromatic nitrogens is 4. The predicted molar refractivity (Wildman–Crippen MR) is 131 cm³/mol. The number of primary amides is 1. The molecule has 2 aromatic carbocycles. The smallest absolute Gasteiger partial charge is 0.270 e. The van der Waals surface area contributed by atoms with E-state index in [-0.39, 0.29) is 16.6 Å². The van der Waals surface area contributed by atoms with Gasteiger partial charge in [0.15, 0.2) is 10.8 Å². The molecule has 0 radical (unpaired) electrons. The standard InChI is InChI=1S/C24H19N7O2S/c25-21(32)20-23(30-22(33)16-5-3-15(4-6-16)13-31-11-10-26-14-31)34-24(29-20)28-18-7-8-19-17(12-18)2-1-9-27-19/h1-12,14H,13H2,(H2,25,32)(H,28,29)(H,30,33). The molecule has 0 unspecified atom stereocenters. The van der Waals surface area contributed by atoms with Crippen molar-refractivity contribution >= 4 is 49.9 Å². The lowest BCUT2D eigenvalue weighted by Gasteiger charge is -2.06. The van der Waals surface area contributed by atoms with Gasteiger partial charge in [-0.15, -0.1) is 0 Å². The molecule has 34 heavy (non-hydrogen) atoms. The van der Waals surface area contributed by atoms with Crippen LogP contribution in [0.1, 0.15) is 26.4 Å². The summed E-state index contributed by atoms with van der Waals surface area (Å²) in [5.41, 5.74) is 8.63. The summed E-state index contributed by atoms with van der Waals surface area (Å²) in [6.07, 6.45) is 7.05. The Balaban J connectivity index is 1.32. The van der Waals surface area contributed by atoms with Crippen molar-refractivity contribution in [1.29, 1.82) is 0 Å². The molecule has 2 amide bonds. The van der Waals surface area contributed by atoms with Crippen molar-refractivity contribution < 1.29 is 9.59 Å². The lowest BCUT2D eigenvalue weighted by Crippen LogP contribution is -2.17. The van der Waals surface area contributed by atoms with Crippen molar-refractivity contribution in [3.8, 4) is 0 Å². The summed E-state index contributed by atoms with van der Waals surface area (Å²) in [5.74, 6) is -1.08. The van der Waals surface area contributed by atoms with E-state index in [2.05, 4.69) is 25.6 Å². The average Bonchev–Trinajstić information content (AvgIpc) is 3.49. The number of hydrogen-bond acceptors (Lipinski definition) is 7. The molecule has 0 fully saturated rings. The number of rotatable bonds is 7. The molecule has 0 aliphatic rings. The molecule has 5 rings (SSSR count). The third-order valence-corrected chi connectivity index (χ3v) is 5.97. The Morgan fingerprint density at radius 1 is 1.06 bits per heavy atom. The van der Waals surface area contributed by atoms with Crippen LogP contribution in [0, 0.1) is 0 Å². The molecule has 0 aliphatic carbocycles. The van der Waals surface area contributed by atoms with Crippen molar-refractivity contribution in [3.63, 3.8) is 0 Å². The molecule has 0 saturated carbocycles. The molecule has 3 aromatic heterocycles. The van der Waals surface area contributed by atoms with Crippen LogP contribution in [0.4, 0.5) is 15.8 Å². The Kier molecular flexibility index (Phi) is 5.71. The van der Waals surface area contributed by atoms with Crippen molar-refractivity contribution in [2.24, 2.45) is 5.73 Å². The van der Waals surface area contributed by atoms with Gasteiger partial charge < -0.3 is 20.9 Å². The minimum Gasteiger partial charge on any atom is -0.364 e. The Hall–Kier alpha value is -4.57. The fourth-order valence-electron chi connectivity index (χ4n) is 3.43. The molecule has 5 aromatic rings. The third-order valence-electron chi connectivity index (χ3n) is 5.08. The molecule has 0 bridgehead atoms. The van der Waals surface area contributed by atoms with E-state index < -0.39 is 5.91 Å². The minimum atomic E-state index is -0.724. The number of benzene rings is 2. The molecule has 0 saturated heterocycles. The maximum absolute atomic E-state index is 12.8. The number of carbonyl (C=O) groups excluding carboxylic acids is 2. The highest BCUT2D eigenvalue weighted by Gasteiger charge is 2.19. The highest BCUT2D eigenvalue weighted by Crippen LogP contribution is 2.31. The van der Waals surface area contributed by atoms with E-state index in [9.17, 15) is 9.59 Å². The summed E-state index contributed by atoms with van der Waals surface area (Å²) in [4.78, 5) is 37.4. The van der Waals surface area contributed by atoms with Crippen LogP contribution in [0.5, 0.6) is 0 Å². The number of anilines is 3. The monoisotopic (exact) mass is 469 g/mol. The van der Waals surface area contributed by atoms with Crippen molar-refractivity contribution in [2.75, 3.05) is 10.6 Å². The van der Waals surface area contributed by atoms with Gasteiger partial charge in [0.05, 0.1) is 11.8 Å². The largest absolute Gasteiger partial charge is 0.364 e. The number of nitrogens with two attached hydrogens (primary N) is 1. The van der Waals surface area contributed by atoms with Gasteiger partial charge in [-0.3, -0.25) is 14.6 Å². The number of thiazole rings is 1. The minimum absolute atomic E-state index is 0.0000313. The number of imidazole rings is 1. The first-order valence-corrected chi connectivity index (χ1v) is 11.2. The highest BCUT2D eigenvalue weighted by atomic mass is 32.1. The van der Waals surface area contributed by atoms with Crippen LogP contribution in [0.25, 0.3) is 10.9 Å². The molecule has 3 heterocycles. The molecule has 0 aliphatic heterocycles. The lowest BCUT2D eigenvalue weighted by molar-refractivity contribution is 0.0997. The Morgan fingerprint density at radius 2 is 1.91 bits per heavy atom. The quantitative estimate of drug-likeness (QED) is 0.330. The molecule has 0 spiro atoms. The molecular formula is C24H19N7O2S. The molecule has 0 atom stereocenters. The first-order valence-electron chi connectivity index (χ1n) is 10.3. The van der Waals surface area contributed by atoms with Gasteiger partial charge in [0.25, 0.3) is 11.8 Å². The summed E-state index contributed by atoms with van der Waals surface area (Å²) in [7, 11) is 0. The van der Waals surface area contributed by atoms with Gasteiger partial charge in [-0.1, -0.05) is 29.5 Å². The van der Waals surface area contributed by atoms with E-state index >= 15 is 0 Å². The van der Waals surface area contributed by atoms with Crippen LogP contribution in [-0.4, -0.2) is 31.3 Å². The van der Waals surface area contributed by atoms with E-state index in [0.717, 1.165) is 33.5 Å². The van der Waals surface area contributed by atoms with Crippen LogP contribution in [0.3, 0.4) is 0 Å². The zero-order valence-corrected chi connectivity index (χ0v) is 18.6. The van der Waals surface area contributed by atoms with Gasteiger partial charge in [0.1, 0.15) is 5.00 Å². The highest BCUT2D eigenvalue weighted by molar-refractivity contribution is 7.20. The second-order valence-corrected chi connectivity index (χ2v) is 8.48. The molecule has 9 nitrogen and oxygen atoms in total. The second kappa shape index (κ2) is 9.12. The van der Waals surface area contributed by atoms with E-state index in [1.807, 2.05) is 53.2 Å². The lowest BCUT2D eigenvalue weighted by atomic mass is 10.1. The first kappa shape index (κ1) is 21.3. The Bertz CT molecular complexity index is 1480. The van der Waals surface area contributed by atoms with E-state index in [4.69, 9.17) is 5.73 Å². The maximum Gasteiger partial charge on any atom is 0.270 e. The maximum atomic E-state index is 12.8. The summed E-state index contributed by atoms with van der Waals surface area (Å²) >= 11 is 1.14. The topological polar surface area (TPSA) is 128 Å². The number of hydrogen-bond donors (Lipinski definition) is 3. The molecule has 168 valence electrons. The van der Waals surface area contributed by atoms with E-state index in [1.165, 1.54) is 0 Å². The average molecular weight is 470 g/mol. The van der Waals surface area contributed by atoms with E-state index in [1.54, 1.807) is 30.9 Å². The number of nitrogens with one attached hydrogen (secondary N) is 2. The van der Waals surface area contributed by atoms with Crippen LogP contribution >= 0.6 is 11.3 Å². The van der Waals surface area contributed by atoms with Gasteiger partial charge in [-0.2, -0.15) is 0 Å². The Labute approximate surface area is 198 Å². The number of fused-ring (bicyclic) bond motifs is 1. The summed E-state index contributed by atoms with van der Waals surface area (Å²) < 4.78 is 1.94. The summed E-state index contributed by atoms with van der Waals surface area (Å²) in [5, 5.41) is 7.60. The fraction of sp³-hybridized carbons (Fsp3) is 0.0417. The van der Waals surface area contributed by atoms with Crippen molar-refractivity contribution in [2.45, 2.75) is 6.54 Å². The summed E-state index contributed by atoms with van der Waals surface area (Å²) in [6, 6.07) is 16.7. The first-order chi connectivity index (χ1) is 16.5. The SMILES string of the molecule is NC(=O)c1nc(Nc2ccc3ncccc3c2)sc1NC(=O)c1ccc(Cn2ccnc2)cc1. The number of nitrogens with zero attached hydrogens (tertiary/aromatic N) is 4. The molecular weight excluding hydrogens is 450 g/mol. The zero-order valence-electron chi connectivity index (χ0n) is 17.8. The second-order valence-electron chi connectivity index (χ2n) is 7.48. The summed E-state index contributed by atoms with van der Waals surface area (Å²) in [6.45, 7) is 0.655. The molecule has 10 heteroatoms. The zero-order chi connectivity index (χ0) is 23.5. The third kappa shape index (κ3) is 4.62. The van der Waals surface area contributed by atoms with Gasteiger partial charge in [-0.25, -0.2) is 9.97 Å². The van der Waals surface area contributed by atoms with Crippen LogP contribution in [0.15, 0.2) is 79.5 Å². The van der Waals surface area contributed by atoms with Gasteiger partial charge in [-0.05, 0) is 42.0 Å². The van der Waals surface area contributed by atoms with Gasteiger partial charge in [0, 0.05) is 41.8 Å². The molecule has 4 N–H and O–H groups in total. The number of pyridine rings is 1. The van der Waals surface area contributed by atoms with Gasteiger partial charge >= 0.3 is 0 Å². The van der Waals surface area contributed by atoms with Crippen molar-refractivity contribution in [1.82, 2.24) is 19.5 Å². The van der Waals surface area contributed by atoms with Crippen LogP contribution in [-0.2, 0) is 6.54 Å². The van der Waals surface area contributed by atoms with Crippen molar-refractivity contribution in [3.05, 3.63) is 96.3 Å². The van der Waals surface area contributed by atoms with Gasteiger partial charge in [0.2, 0.25) is 0 Å². The van der Waals surface area contributed by atoms with Crippen LogP contribution in [0.2, 0.25) is 0 Å². The Morgan fingerprint density at radius 3 is 2.68 bits per heavy atom. The fourth-order valence-corrected chi connectivity index (χ4v) is 4.32. The number of amides is 2.